The second kappa shape index (κ2) is 6.18. The second-order valence-corrected chi connectivity index (χ2v) is 6.58. The van der Waals surface area contributed by atoms with E-state index in [4.69, 9.17) is 5.73 Å². The molecule has 2 fully saturated rings. The zero-order valence-electron chi connectivity index (χ0n) is 12.9. The highest BCUT2D eigenvalue weighted by Crippen LogP contribution is 2.39. The van der Waals surface area contributed by atoms with Crippen LogP contribution in [-0.4, -0.2) is 23.9 Å². The maximum absolute atomic E-state index is 13.0. The summed E-state index contributed by atoms with van der Waals surface area (Å²) in [5.74, 6) is 0.920. The van der Waals surface area contributed by atoms with Crippen LogP contribution in [0.3, 0.4) is 0 Å². The lowest BCUT2D eigenvalue weighted by Gasteiger charge is -2.30. The molecule has 1 unspecified atom stereocenters. The molecule has 114 valence electrons. The predicted octanol–water partition coefficient (Wildman–Crippen LogP) is 3.03. The van der Waals surface area contributed by atoms with Crippen LogP contribution in [0.25, 0.3) is 0 Å². The molecule has 1 aromatic carbocycles. The van der Waals surface area contributed by atoms with E-state index in [2.05, 4.69) is 36.1 Å². The molecule has 2 N–H and O–H groups in total. The third-order valence-corrected chi connectivity index (χ3v) is 5.36. The van der Waals surface area contributed by atoms with Crippen molar-refractivity contribution in [2.24, 2.45) is 17.6 Å². The van der Waals surface area contributed by atoms with Gasteiger partial charge >= 0.3 is 0 Å². The highest BCUT2D eigenvalue weighted by Gasteiger charge is 2.39. The van der Waals surface area contributed by atoms with Gasteiger partial charge in [-0.15, -0.1) is 0 Å². The van der Waals surface area contributed by atoms with Crippen molar-refractivity contribution in [2.45, 2.75) is 45.1 Å². The summed E-state index contributed by atoms with van der Waals surface area (Å²) >= 11 is 0. The van der Waals surface area contributed by atoms with E-state index in [0.29, 0.717) is 18.4 Å². The first-order valence-electron chi connectivity index (χ1n) is 8.28. The second-order valence-electron chi connectivity index (χ2n) is 6.58. The first kappa shape index (κ1) is 14.6. The van der Waals surface area contributed by atoms with Crippen molar-refractivity contribution in [3.63, 3.8) is 0 Å². The van der Waals surface area contributed by atoms with Crippen molar-refractivity contribution in [2.75, 3.05) is 13.1 Å². The van der Waals surface area contributed by atoms with Crippen molar-refractivity contribution >= 4 is 5.91 Å². The molecule has 1 saturated heterocycles. The molecule has 21 heavy (non-hydrogen) atoms. The number of carbonyl (C=O) groups is 1. The van der Waals surface area contributed by atoms with Gasteiger partial charge in [0.15, 0.2) is 0 Å². The zero-order valence-corrected chi connectivity index (χ0v) is 12.9. The van der Waals surface area contributed by atoms with Crippen molar-refractivity contribution in [3.8, 4) is 0 Å². The summed E-state index contributed by atoms with van der Waals surface area (Å²) in [6, 6.07) is 8.76. The quantitative estimate of drug-likeness (QED) is 0.928. The van der Waals surface area contributed by atoms with E-state index in [1.807, 2.05) is 0 Å². The summed E-state index contributed by atoms with van der Waals surface area (Å²) in [4.78, 5) is 15.1. The summed E-state index contributed by atoms with van der Waals surface area (Å²) in [7, 11) is 0. The van der Waals surface area contributed by atoms with Gasteiger partial charge < -0.3 is 10.6 Å². The lowest BCUT2D eigenvalue weighted by Crippen LogP contribution is -2.38. The third kappa shape index (κ3) is 2.71. The molecule has 2 aliphatic rings. The predicted molar refractivity (Wildman–Crippen MR) is 84.8 cm³/mol. The van der Waals surface area contributed by atoms with Crippen molar-refractivity contribution in [1.82, 2.24) is 4.90 Å². The average molecular weight is 286 g/mol. The van der Waals surface area contributed by atoms with Crippen LogP contribution < -0.4 is 5.73 Å². The zero-order chi connectivity index (χ0) is 14.8. The van der Waals surface area contributed by atoms with E-state index in [1.54, 1.807) is 0 Å². The Bertz CT molecular complexity index is 514. The fraction of sp³-hybridized carbons (Fsp3) is 0.611. The summed E-state index contributed by atoms with van der Waals surface area (Å²) in [6.45, 7) is 3.71. The number of likely N-dealkylation sites (tertiary alicyclic amines) is 1. The Hall–Kier alpha value is -1.35. The molecule has 1 heterocycles. The third-order valence-electron chi connectivity index (χ3n) is 5.36. The van der Waals surface area contributed by atoms with Gasteiger partial charge in [0.1, 0.15) is 0 Å². The number of hydrogen-bond acceptors (Lipinski definition) is 2. The molecule has 0 radical (unpaired) electrons. The summed E-state index contributed by atoms with van der Waals surface area (Å²) in [6.07, 6.45) is 5.51. The van der Waals surface area contributed by atoms with Crippen LogP contribution >= 0.6 is 0 Å². The van der Waals surface area contributed by atoms with Crippen molar-refractivity contribution in [1.29, 1.82) is 0 Å². The van der Waals surface area contributed by atoms with Gasteiger partial charge in [-0.25, -0.2) is 0 Å². The summed E-state index contributed by atoms with van der Waals surface area (Å²) < 4.78 is 0. The average Bonchev–Trinajstić information content (AvgIpc) is 3.16. The first-order chi connectivity index (χ1) is 10.2. The molecule has 3 atom stereocenters. The van der Waals surface area contributed by atoms with E-state index in [1.165, 1.54) is 11.1 Å². The number of aryl methyl sites for hydroxylation is 1. The van der Waals surface area contributed by atoms with Crippen LogP contribution in [0.2, 0.25) is 0 Å². The molecule has 3 rings (SSSR count). The molecule has 1 aliphatic carbocycles. The highest BCUT2D eigenvalue weighted by molar-refractivity contribution is 5.80. The van der Waals surface area contributed by atoms with Crippen LogP contribution in [0.5, 0.6) is 0 Å². The highest BCUT2D eigenvalue weighted by atomic mass is 16.2. The van der Waals surface area contributed by atoms with Crippen LogP contribution in [0.15, 0.2) is 24.3 Å². The molecular formula is C18H26N2O. The standard InChI is InChI=1S/C18H26N2O/c1-13-6-2-3-8-15(13)17-10-5-11-20(17)18(21)16-9-4-7-14(16)12-19/h2-3,6,8,14,16-17H,4-5,7,9-12,19H2,1H3/t14-,16-,17?/m1/s1. The van der Waals surface area contributed by atoms with Crippen LogP contribution in [0.1, 0.15) is 49.3 Å². The van der Waals surface area contributed by atoms with E-state index < -0.39 is 0 Å². The molecule has 3 heteroatoms. The monoisotopic (exact) mass is 286 g/mol. The fourth-order valence-corrected chi connectivity index (χ4v) is 4.17. The minimum atomic E-state index is 0.166. The van der Waals surface area contributed by atoms with Crippen LogP contribution in [0.4, 0.5) is 0 Å². The van der Waals surface area contributed by atoms with Gasteiger partial charge in [0.05, 0.1) is 6.04 Å². The van der Waals surface area contributed by atoms with Gasteiger partial charge in [-0.1, -0.05) is 30.7 Å². The molecule has 0 bridgehead atoms. The minimum absolute atomic E-state index is 0.166. The van der Waals surface area contributed by atoms with Crippen LogP contribution in [0, 0.1) is 18.8 Å². The van der Waals surface area contributed by atoms with E-state index >= 15 is 0 Å². The SMILES string of the molecule is Cc1ccccc1C1CCCN1C(=O)[C@@H]1CCC[C@@H]1CN. The molecule has 0 spiro atoms. The molecular weight excluding hydrogens is 260 g/mol. The molecule has 1 aromatic rings. The lowest BCUT2D eigenvalue weighted by molar-refractivity contribution is -0.137. The minimum Gasteiger partial charge on any atom is -0.335 e. The van der Waals surface area contributed by atoms with Gasteiger partial charge in [-0.05, 0) is 56.2 Å². The number of amides is 1. The largest absolute Gasteiger partial charge is 0.335 e. The van der Waals surface area contributed by atoms with Crippen molar-refractivity contribution in [3.05, 3.63) is 35.4 Å². The van der Waals surface area contributed by atoms with Gasteiger partial charge in [-0.3, -0.25) is 4.79 Å². The smallest absolute Gasteiger partial charge is 0.226 e. The molecule has 1 aliphatic heterocycles. The van der Waals surface area contributed by atoms with Crippen molar-refractivity contribution < 1.29 is 4.79 Å². The fourth-order valence-electron chi connectivity index (χ4n) is 4.17. The molecule has 0 aromatic heterocycles. The van der Waals surface area contributed by atoms with Gasteiger partial charge in [0.2, 0.25) is 5.91 Å². The number of hydrogen-bond donors (Lipinski definition) is 1. The van der Waals surface area contributed by atoms with Gasteiger partial charge in [-0.2, -0.15) is 0 Å². The van der Waals surface area contributed by atoms with E-state index in [9.17, 15) is 4.79 Å². The maximum Gasteiger partial charge on any atom is 0.226 e. The number of nitrogens with zero attached hydrogens (tertiary/aromatic N) is 1. The van der Waals surface area contributed by atoms with E-state index in [0.717, 1.165) is 38.6 Å². The molecule has 1 saturated carbocycles. The van der Waals surface area contributed by atoms with Gasteiger partial charge in [0.25, 0.3) is 0 Å². The number of rotatable bonds is 3. The maximum atomic E-state index is 13.0. The Kier molecular flexibility index (Phi) is 4.29. The van der Waals surface area contributed by atoms with Gasteiger partial charge in [0, 0.05) is 12.5 Å². The van der Waals surface area contributed by atoms with E-state index in [-0.39, 0.29) is 12.0 Å². The lowest BCUT2D eigenvalue weighted by atomic mass is 9.93. The Labute approximate surface area is 127 Å². The number of nitrogens with two attached hydrogens (primary N) is 1. The Morgan fingerprint density at radius 1 is 1.24 bits per heavy atom. The Balaban J connectivity index is 1.81. The van der Waals surface area contributed by atoms with Crippen LogP contribution in [-0.2, 0) is 4.79 Å². The summed E-state index contributed by atoms with van der Waals surface area (Å²) in [5, 5.41) is 0. The Morgan fingerprint density at radius 3 is 2.81 bits per heavy atom. The number of carbonyl (C=O) groups excluding carboxylic acids is 1. The normalized spacial score (nSPS) is 29.0. The topological polar surface area (TPSA) is 46.3 Å². The molecule has 3 nitrogen and oxygen atoms in total. The summed E-state index contributed by atoms with van der Waals surface area (Å²) in [5.41, 5.74) is 8.48. The number of benzene rings is 1. The first-order valence-corrected chi connectivity index (χ1v) is 8.28. The molecule has 1 amide bonds. The Morgan fingerprint density at radius 2 is 2.05 bits per heavy atom.